The summed E-state index contributed by atoms with van der Waals surface area (Å²) in [6.45, 7) is 8.40. The number of halogens is 1. The van der Waals surface area contributed by atoms with E-state index in [1.807, 2.05) is 43.0 Å². The van der Waals surface area contributed by atoms with Crippen molar-refractivity contribution in [3.63, 3.8) is 0 Å². The second-order valence-electron chi connectivity index (χ2n) is 8.72. The highest BCUT2D eigenvalue weighted by molar-refractivity contribution is 6.30. The van der Waals surface area contributed by atoms with Crippen molar-refractivity contribution in [3.8, 4) is 0 Å². The molecule has 2 aliphatic rings. The minimum Gasteiger partial charge on any atom is -0.348 e. The Bertz CT molecular complexity index is 930. The standard InChI is InChI=1S/C22H29ClN6O2/c1-16(2)24-20(30)19-15-29(26-25-19)14-11-27-9-12-28(13-10-27)21(31)22(7-8-22)17-3-5-18(23)6-4-17/h3-6,15-16H,7-14H2,1-2H3,(H,24,30). The van der Waals surface area contributed by atoms with Crippen LogP contribution in [0, 0.1) is 0 Å². The molecular formula is C22H29ClN6O2. The Balaban J connectivity index is 1.26. The van der Waals surface area contributed by atoms with Crippen molar-refractivity contribution in [1.29, 1.82) is 0 Å². The van der Waals surface area contributed by atoms with Crippen LogP contribution in [0.15, 0.2) is 30.5 Å². The number of rotatable bonds is 7. The molecule has 0 bridgehead atoms. The summed E-state index contributed by atoms with van der Waals surface area (Å²) in [6.07, 6.45) is 3.50. The van der Waals surface area contributed by atoms with Gasteiger partial charge in [-0.15, -0.1) is 5.10 Å². The Morgan fingerprint density at radius 3 is 2.39 bits per heavy atom. The van der Waals surface area contributed by atoms with Gasteiger partial charge in [-0.25, -0.2) is 0 Å². The Morgan fingerprint density at radius 2 is 1.77 bits per heavy atom. The Labute approximate surface area is 187 Å². The third-order valence-corrected chi connectivity index (χ3v) is 6.30. The van der Waals surface area contributed by atoms with Crippen LogP contribution in [0.2, 0.25) is 5.02 Å². The number of carbonyl (C=O) groups is 2. The molecule has 2 amide bonds. The molecule has 2 heterocycles. The summed E-state index contributed by atoms with van der Waals surface area (Å²) < 4.78 is 1.70. The lowest BCUT2D eigenvalue weighted by Crippen LogP contribution is -2.52. The van der Waals surface area contributed by atoms with Crippen molar-refractivity contribution >= 4 is 23.4 Å². The summed E-state index contributed by atoms with van der Waals surface area (Å²) >= 11 is 6.01. The highest BCUT2D eigenvalue weighted by Gasteiger charge is 2.53. The quantitative estimate of drug-likeness (QED) is 0.705. The van der Waals surface area contributed by atoms with Crippen LogP contribution in [0.3, 0.4) is 0 Å². The van der Waals surface area contributed by atoms with Gasteiger partial charge in [0.05, 0.1) is 18.2 Å². The second kappa shape index (κ2) is 8.96. The van der Waals surface area contributed by atoms with Crippen LogP contribution >= 0.6 is 11.6 Å². The number of nitrogens with zero attached hydrogens (tertiary/aromatic N) is 5. The number of carbonyl (C=O) groups excluding carboxylic acids is 2. The van der Waals surface area contributed by atoms with Crippen molar-refractivity contribution in [1.82, 2.24) is 30.1 Å². The van der Waals surface area contributed by atoms with Crippen molar-refractivity contribution in [2.45, 2.75) is 44.7 Å². The molecule has 0 atom stereocenters. The van der Waals surface area contributed by atoms with Gasteiger partial charge >= 0.3 is 0 Å². The predicted molar refractivity (Wildman–Crippen MR) is 118 cm³/mol. The van der Waals surface area contributed by atoms with Gasteiger partial charge in [0.2, 0.25) is 5.91 Å². The lowest BCUT2D eigenvalue weighted by molar-refractivity contribution is -0.135. The third-order valence-electron chi connectivity index (χ3n) is 6.05. The molecule has 1 N–H and O–H groups in total. The van der Waals surface area contributed by atoms with Crippen LogP contribution in [-0.4, -0.2) is 75.4 Å². The molecule has 1 aliphatic carbocycles. The van der Waals surface area contributed by atoms with E-state index >= 15 is 0 Å². The Morgan fingerprint density at radius 1 is 1.10 bits per heavy atom. The van der Waals surface area contributed by atoms with Gasteiger partial charge in [-0.3, -0.25) is 19.2 Å². The van der Waals surface area contributed by atoms with E-state index in [2.05, 4.69) is 20.5 Å². The zero-order valence-corrected chi connectivity index (χ0v) is 18.8. The number of piperazine rings is 1. The first-order valence-electron chi connectivity index (χ1n) is 10.9. The zero-order chi connectivity index (χ0) is 22.0. The van der Waals surface area contributed by atoms with E-state index in [1.165, 1.54) is 0 Å². The average molecular weight is 445 g/mol. The smallest absolute Gasteiger partial charge is 0.273 e. The molecule has 0 unspecified atom stereocenters. The number of nitrogens with one attached hydrogen (secondary N) is 1. The maximum Gasteiger partial charge on any atom is 0.273 e. The molecule has 9 heteroatoms. The topological polar surface area (TPSA) is 83.4 Å². The SMILES string of the molecule is CC(C)NC(=O)c1cn(CCN2CCN(C(=O)C3(c4ccc(Cl)cc4)CC3)CC2)nn1. The fourth-order valence-electron chi connectivity index (χ4n) is 4.09. The largest absolute Gasteiger partial charge is 0.348 e. The van der Waals surface area contributed by atoms with E-state index in [4.69, 9.17) is 11.6 Å². The summed E-state index contributed by atoms with van der Waals surface area (Å²) in [6, 6.07) is 7.76. The zero-order valence-electron chi connectivity index (χ0n) is 18.1. The summed E-state index contributed by atoms with van der Waals surface area (Å²) in [4.78, 5) is 29.5. The third kappa shape index (κ3) is 4.91. The molecule has 2 aromatic rings. The van der Waals surface area contributed by atoms with Gasteiger partial charge in [0.15, 0.2) is 5.69 Å². The molecule has 1 aliphatic heterocycles. The first-order valence-corrected chi connectivity index (χ1v) is 11.2. The summed E-state index contributed by atoms with van der Waals surface area (Å²) in [5.41, 5.74) is 1.06. The van der Waals surface area contributed by atoms with Gasteiger partial charge in [0.1, 0.15) is 0 Å². The summed E-state index contributed by atoms with van der Waals surface area (Å²) in [5.74, 6) is 0.0367. The van der Waals surface area contributed by atoms with E-state index in [0.717, 1.165) is 51.1 Å². The molecule has 31 heavy (non-hydrogen) atoms. The molecule has 166 valence electrons. The van der Waals surface area contributed by atoms with Crippen molar-refractivity contribution in [2.75, 3.05) is 32.7 Å². The average Bonchev–Trinajstić information content (AvgIpc) is 3.42. The molecule has 0 spiro atoms. The Hall–Kier alpha value is -2.45. The van der Waals surface area contributed by atoms with Crippen molar-refractivity contribution < 1.29 is 9.59 Å². The first kappa shape index (κ1) is 21.8. The maximum atomic E-state index is 13.2. The van der Waals surface area contributed by atoms with Crippen LogP contribution in [-0.2, 0) is 16.8 Å². The molecule has 8 nitrogen and oxygen atoms in total. The van der Waals surface area contributed by atoms with Gasteiger partial charge < -0.3 is 10.2 Å². The molecule has 2 fully saturated rings. The van der Waals surface area contributed by atoms with Crippen LogP contribution in [0.5, 0.6) is 0 Å². The number of benzene rings is 1. The highest BCUT2D eigenvalue weighted by atomic mass is 35.5. The second-order valence-corrected chi connectivity index (χ2v) is 9.15. The lowest BCUT2D eigenvalue weighted by Gasteiger charge is -2.36. The molecule has 0 radical (unpaired) electrons. The molecule has 4 rings (SSSR count). The first-order chi connectivity index (χ1) is 14.9. The highest BCUT2D eigenvalue weighted by Crippen LogP contribution is 2.49. The van der Waals surface area contributed by atoms with Crippen LogP contribution in [0.25, 0.3) is 0 Å². The van der Waals surface area contributed by atoms with Gasteiger partial charge in [0.25, 0.3) is 5.91 Å². The number of hydrogen-bond acceptors (Lipinski definition) is 5. The van der Waals surface area contributed by atoms with Crippen LogP contribution in [0.4, 0.5) is 0 Å². The van der Waals surface area contributed by atoms with E-state index in [-0.39, 0.29) is 23.3 Å². The number of aromatic nitrogens is 3. The predicted octanol–water partition coefficient (Wildman–Crippen LogP) is 1.95. The van der Waals surface area contributed by atoms with Crippen molar-refractivity contribution in [3.05, 3.63) is 46.7 Å². The number of hydrogen-bond donors (Lipinski definition) is 1. The van der Waals surface area contributed by atoms with E-state index in [9.17, 15) is 9.59 Å². The van der Waals surface area contributed by atoms with Gasteiger partial charge in [-0.05, 0) is 44.4 Å². The van der Waals surface area contributed by atoms with Crippen molar-refractivity contribution in [2.24, 2.45) is 0 Å². The molecule has 1 saturated carbocycles. The van der Waals surface area contributed by atoms with Gasteiger partial charge in [-0.1, -0.05) is 28.9 Å². The molecule has 1 aromatic heterocycles. The van der Waals surface area contributed by atoms with E-state index < -0.39 is 0 Å². The van der Waals surface area contributed by atoms with E-state index in [0.29, 0.717) is 17.3 Å². The fourth-order valence-corrected chi connectivity index (χ4v) is 4.21. The minimum atomic E-state index is -0.347. The monoisotopic (exact) mass is 444 g/mol. The van der Waals surface area contributed by atoms with Gasteiger partial charge in [0, 0.05) is 43.8 Å². The van der Waals surface area contributed by atoms with Crippen LogP contribution in [0.1, 0.15) is 42.7 Å². The minimum absolute atomic E-state index is 0.0612. The lowest BCUT2D eigenvalue weighted by atomic mass is 9.94. The molecule has 1 saturated heterocycles. The normalized spacial score (nSPS) is 18.3. The molecule has 1 aromatic carbocycles. The Kier molecular flexibility index (Phi) is 6.29. The maximum absolute atomic E-state index is 13.2. The summed E-state index contributed by atoms with van der Waals surface area (Å²) in [5, 5.41) is 11.5. The van der Waals surface area contributed by atoms with Gasteiger partial charge in [-0.2, -0.15) is 0 Å². The number of amides is 2. The summed E-state index contributed by atoms with van der Waals surface area (Å²) in [7, 11) is 0. The van der Waals surface area contributed by atoms with E-state index in [1.54, 1.807) is 10.9 Å². The fraction of sp³-hybridized carbons (Fsp3) is 0.545. The molecular weight excluding hydrogens is 416 g/mol. The van der Waals surface area contributed by atoms with Crippen LogP contribution < -0.4 is 5.32 Å².